The summed E-state index contributed by atoms with van der Waals surface area (Å²) in [5.41, 5.74) is 9.81. The van der Waals surface area contributed by atoms with Crippen LogP contribution in [-0.2, 0) is 6.42 Å². The molecule has 12 aromatic rings. The number of hydrogen-bond acceptors (Lipinski definition) is 5. The van der Waals surface area contributed by atoms with Gasteiger partial charge in [-0.15, -0.1) is 0 Å². The molecule has 6 heteroatoms. The van der Waals surface area contributed by atoms with Gasteiger partial charge in [0.15, 0.2) is 5.84 Å². The van der Waals surface area contributed by atoms with Crippen molar-refractivity contribution < 1.29 is 8.83 Å². The van der Waals surface area contributed by atoms with Crippen LogP contribution in [0.25, 0.3) is 98.8 Å². The number of nitrogens with zero attached hydrogens (tertiary/aromatic N) is 3. The molecule has 3 aromatic heterocycles. The van der Waals surface area contributed by atoms with Gasteiger partial charge in [0.2, 0.25) is 0 Å². The minimum absolute atomic E-state index is 0.440. The van der Waals surface area contributed by atoms with Crippen LogP contribution < -0.4 is 5.32 Å². The Hall–Kier alpha value is -8.22. The number of para-hydroxylation sites is 1. The highest BCUT2D eigenvalue weighted by Gasteiger charge is 2.29. The Balaban J connectivity index is 1.09. The van der Waals surface area contributed by atoms with E-state index in [9.17, 15) is 0 Å². The highest BCUT2D eigenvalue weighted by molar-refractivity contribution is 6.23. The SMILES string of the molecule is C1=Cc2c(oc3ccc(C4=NC(c5cccc6ccccc56)NC(c5ccc6oc7cc8ccccc8cc7c6c5-n5c6ccccc6c6cc7ccccc7cc65)=N4)cc23)C1. The number of rotatable bonds is 4. The molecule has 1 atom stereocenters. The van der Waals surface area contributed by atoms with E-state index < -0.39 is 6.17 Å². The van der Waals surface area contributed by atoms with Crippen molar-refractivity contribution in [1.82, 2.24) is 9.88 Å². The topological polar surface area (TPSA) is 68.0 Å². The van der Waals surface area contributed by atoms with Crippen molar-refractivity contribution in [3.63, 3.8) is 0 Å². The maximum absolute atomic E-state index is 6.82. The van der Waals surface area contributed by atoms with E-state index in [0.717, 1.165) is 111 Å². The predicted molar refractivity (Wildman–Crippen MR) is 255 cm³/mol. The fraction of sp³-hybridized carbons (Fsp3) is 0.0357. The van der Waals surface area contributed by atoms with Gasteiger partial charge in [-0.05, 0) is 93.0 Å². The van der Waals surface area contributed by atoms with Crippen LogP contribution in [0.5, 0.6) is 0 Å². The van der Waals surface area contributed by atoms with E-state index in [1.807, 2.05) is 0 Å². The molecule has 0 saturated heterocycles. The number of nitrogens with one attached hydrogen (secondary N) is 1. The van der Waals surface area contributed by atoms with Crippen molar-refractivity contribution in [2.75, 3.05) is 0 Å². The number of amidine groups is 2. The molecule has 6 nitrogen and oxygen atoms in total. The first kappa shape index (κ1) is 33.6. The fourth-order valence-electron chi connectivity index (χ4n) is 10.1. The zero-order chi connectivity index (χ0) is 40.5. The summed E-state index contributed by atoms with van der Waals surface area (Å²) >= 11 is 0. The lowest BCUT2D eigenvalue weighted by Gasteiger charge is -2.26. The summed E-state index contributed by atoms with van der Waals surface area (Å²) in [7, 11) is 0. The van der Waals surface area contributed by atoms with Gasteiger partial charge in [0.25, 0.3) is 0 Å². The zero-order valence-corrected chi connectivity index (χ0v) is 33.3. The molecule has 4 heterocycles. The van der Waals surface area contributed by atoms with Crippen LogP contribution >= 0.6 is 0 Å². The Morgan fingerprint density at radius 2 is 1.24 bits per heavy atom. The largest absolute Gasteiger partial charge is 0.460 e. The Morgan fingerprint density at radius 3 is 2.10 bits per heavy atom. The second-order valence-corrected chi connectivity index (χ2v) is 16.5. The predicted octanol–water partition coefficient (Wildman–Crippen LogP) is 14.0. The van der Waals surface area contributed by atoms with Crippen LogP contribution in [0.2, 0.25) is 0 Å². The van der Waals surface area contributed by atoms with Crippen LogP contribution in [0.15, 0.2) is 195 Å². The number of aliphatic imine (C=N–C) groups is 2. The molecule has 0 fully saturated rings. The summed E-state index contributed by atoms with van der Waals surface area (Å²) in [5.74, 6) is 2.38. The summed E-state index contributed by atoms with van der Waals surface area (Å²) < 4.78 is 15.5. The summed E-state index contributed by atoms with van der Waals surface area (Å²) in [5, 5.41) is 16.4. The van der Waals surface area contributed by atoms with E-state index in [-0.39, 0.29) is 0 Å². The first-order valence-electron chi connectivity index (χ1n) is 21.1. The van der Waals surface area contributed by atoms with Crippen molar-refractivity contribution in [1.29, 1.82) is 0 Å². The van der Waals surface area contributed by atoms with E-state index >= 15 is 0 Å². The quantitative estimate of drug-likeness (QED) is 0.193. The molecule has 1 aliphatic heterocycles. The maximum atomic E-state index is 6.82. The molecule has 1 unspecified atom stereocenters. The van der Waals surface area contributed by atoms with Crippen LogP contribution in [0.3, 0.4) is 0 Å². The number of fused-ring (bicyclic) bond motifs is 12. The zero-order valence-electron chi connectivity index (χ0n) is 33.3. The van der Waals surface area contributed by atoms with Crippen molar-refractivity contribution in [3.8, 4) is 5.69 Å². The third-order valence-corrected chi connectivity index (χ3v) is 13.0. The number of aromatic nitrogens is 1. The van der Waals surface area contributed by atoms with Crippen molar-refractivity contribution >= 4 is 105 Å². The Morgan fingerprint density at radius 1 is 0.532 bits per heavy atom. The average Bonchev–Trinajstić information content (AvgIpc) is 4.10. The second kappa shape index (κ2) is 12.6. The monoisotopic (exact) mass is 794 g/mol. The summed E-state index contributed by atoms with van der Waals surface area (Å²) in [4.78, 5) is 11.0. The van der Waals surface area contributed by atoms with Gasteiger partial charge in [-0.1, -0.05) is 121 Å². The Labute approximate surface area is 354 Å². The fourth-order valence-corrected chi connectivity index (χ4v) is 10.1. The molecule has 9 aromatic carbocycles. The summed E-state index contributed by atoms with van der Waals surface area (Å²) in [6, 6.07) is 60.6. The first-order valence-corrected chi connectivity index (χ1v) is 21.1. The minimum atomic E-state index is -0.440. The standard InChI is InChI=1S/C56H34N4O2/c1-3-14-35-30-47-43(27-33(35)12-1)39-18-7-8-21-46(39)60(47)53-42(24-26-50-52(53)45-28-34-13-2-4-15-36(34)31-51(45)62-50)56-58-54(37-23-25-49-44(29-37)40-19-10-22-48(40)61-49)57-55(59-56)41-20-9-16-32-11-5-6-17-38(32)41/h1-21,23-31,55H,22H2,(H,57,58,59). The molecular formula is C56H34N4O2. The second-order valence-electron chi connectivity index (χ2n) is 16.5. The van der Waals surface area contributed by atoms with E-state index in [2.05, 4.69) is 192 Å². The van der Waals surface area contributed by atoms with Gasteiger partial charge in [0.05, 0.1) is 22.1 Å². The Bertz CT molecular complexity index is 4000. The van der Waals surface area contributed by atoms with E-state index in [4.69, 9.17) is 18.8 Å². The molecule has 14 rings (SSSR count). The van der Waals surface area contributed by atoms with Crippen molar-refractivity contribution in [2.45, 2.75) is 12.6 Å². The van der Waals surface area contributed by atoms with Crippen LogP contribution in [0.4, 0.5) is 0 Å². The molecular weight excluding hydrogens is 761 g/mol. The van der Waals surface area contributed by atoms with Gasteiger partial charge in [0, 0.05) is 50.2 Å². The Kier molecular flexibility index (Phi) is 6.85. The molecule has 62 heavy (non-hydrogen) atoms. The van der Waals surface area contributed by atoms with E-state index in [1.165, 1.54) is 21.5 Å². The first-order chi connectivity index (χ1) is 30.7. The summed E-state index contributed by atoms with van der Waals surface area (Å²) in [6.45, 7) is 0. The van der Waals surface area contributed by atoms with Crippen LogP contribution in [0.1, 0.15) is 34.2 Å². The molecule has 290 valence electrons. The number of benzene rings is 9. The van der Waals surface area contributed by atoms with Gasteiger partial charge in [-0.2, -0.15) is 0 Å². The van der Waals surface area contributed by atoms with Gasteiger partial charge < -0.3 is 18.7 Å². The summed E-state index contributed by atoms with van der Waals surface area (Å²) in [6.07, 6.45) is 4.69. The van der Waals surface area contributed by atoms with E-state index in [0.29, 0.717) is 5.84 Å². The van der Waals surface area contributed by atoms with Gasteiger partial charge in [-0.25, -0.2) is 9.98 Å². The molecule has 1 aliphatic carbocycles. The minimum Gasteiger partial charge on any atom is -0.460 e. The number of hydrogen-bond donors (Lipinski definition) is 1. The molecule has 0 saturated carbocycles. The molecule has 0 amide bonds. The third-order valence-electron chi connectivity index (χ3n) is 13.0. The lowest BCUT2D eigenvalue weighted by atomic mass is 9.99. The van der Waals surface area contributed by atoms with Crippen molar-refractivity contribution in [2.24, 2.45) is 9.98 Å². The highest BCUT2D eigenvalue weighted by atomic mass is 16.3. The van der Waals surface area contributed by atoms with Crippen LogP contribution in [0, 0.1) is 0 Å². The molecule has 1 N–H and O–H groups in total. The highest BCUT2D eigenvalue weighted by Crippen LogP contribution is 2.43. The maximum Gasteiger partial charge on any atom is 0.159 e. The smallest absolute Gasteiger partial charge is 0.159 e. The lowest BCUT2D eigenvalue weighted by Crippen LogP contribution is -2.34. The van der Waals surface area contributed by atoms with Gasteiger partial charge in [-0.3, -0.25) is 0 Å². The lowest BCUT2D eigenvalue weighted by molar-refractivity contribution is 0.567. The molecule has 2 aliphatic rings. The van der Waals surface area contributed by atoms with Crippen molar-refractivity contribution in [3.05, 3.63) is 204 Å². The molecule has 0 radical (unpaired) electrons. The third kappa shape index (κ3) is 4.86. The molecule has 0 bridgehead atoms. The van der Waals surface area contributed by atoms with Gasteiger partial charge >= 0.3 is 0 Å². The number of furan rings is 2. The van der Waals surface area contributed by atoms with E-state index in [1.54, 1.807) is 0 Å². The van der Waals surface area contributed by atoms with Gasteiger partial charge in [0.1, 0.15) is 34.5 Å². The average molecular weight is 795 g/mol. The number of allylic oxidation sites excluding steroid dienone is 1. The van der Waals surface area contributed by atoms with Crippen LogP contribution in [-0.4, -0.2) is 16.2 Å². The normalized spacial score (nSPS) is 15.1. The molecule has 0 spiro atoms.